The predicted octanol–water partition coefficient (Wildman–Crippen LogP) is 0.848. The van der Waals surface area contributed by atoms with Crippen LogP contribution in [0.25, 0.3) is 0 Å². The van der Waals surface area contributed by atoms with Crippen molar-refractivity contribution in [3.05, 3.63) is 29.8 Å². The van der Waals surface area contributed by atoms with Crippen molar-refractivity contribution in [2.75, 3.05) is 0 Å². The molecule has 1 aromatic rings. The number of carboxylic acids is 1. The van der Waals surface area contributed by atoms with Gasteiger partial charge in [0.1, 0.15) is 11.3 Å². The molecule has 14 heavy (non-hydrogen) atoms. The Bertz CT molecular complexity index is 266. The predicted molar refractivity (Wildman–Crippen MR) is 36.4 cm³/mol. The normalized spacial score (nSPS) is 6.57. The fraction of sp³-hybridized carbons (Fsp3) is 0. The van der Waals surface area contributed by atoms with Gasteiger partial charge in [-0.3, -0.25) is 0 Å². The first-order chi connectivity index (χ1) is 4.72. The van der Waals surface area contributed by atoms with E-state index in [2.05, 4.69) is 0 Å². The average Bonchev–Trinajstić information content (AvgIpc) is 1.88. The van der Waals surface area contributed by atoms with Gasteiger partial charge < -0.3 is 21.2 Å². The molecule has 0 bridgehead atoms. The summed E-state index contributed by atoms with van der Waals surface area (Å²) in [5.41, 5.74) is -0.0671. The monoisotopic (exact) mass is 298 g/mol. The molecule has 0 radical (unpaired) electrons. The van der Waals surface area contributed by atoms with Gasteiger partial charge in [0.2, 0.25) is 0 Å². The number of benzene rings is 1. The van der Waals surface area contributed by atoms with Crippen molar-refractivity contribution in [1.82, 2.24) is 0 Å². The molecule has 68 valence electrons. The summed E-state index contributed by atoms with van der Waals surface area (Å²) in [5.74, 6) is -1.31. The van der Waals surface area contributed by atoms with Gasteiger partial charge in [-0.2, -0.15) is 0 Å². The number of phenols is 1. The van der Waals surface area contributed by atoms with E-state index in [4.69, 9.17) is 10.2 Å². The molecule has 1 aromatic carbocycles. The molecule has 0 aliphatic heterocycles. The minimum absolute atomic E-state index is 0. The quantitative estimate of drug-likeness (QED) is 0.749. The number of carboxylic acid groups (broad SMARTS) is 1. The number of carbonyl (C=O) groups is 1. The first-order valence-corrected chi connectivity index (χ1v) is 2.73. The van der Waals surface area contributed by atoms with Crippen LogP contribution in [-0.4, -0.2) is 16.2 Å². The van der Waals surface area contributed by atoms with Crippen molar-refractivity contribution < 1.29 is 64.9 Å². The minimum Gasteiger partial charge on any atom is -2.00 e. The van der Waals surface area contributed by atoms with E-state index in [-0.39, 0.29) is 61.2 Å². The largest absolute Gasteiger partial charge is 2.00 e. The molecule has 0 saturated heterocycles. The summed E-state index contributed by atoms with van der Waals surface area (Å²) in [6.07, 6.45) is 0. The molecule has 0 aliphatic rings. The Morgan fingerprint density at radius 2 is 1.50 bits per heavy atom. The van der Waals surface area contributed by atoms with Crippen molar-refractivity contribution in [2.45, 2.75) is 0 Å². The standard InChI is InChI=1S/C7H6O3.2O.2Zn/c8-6-4-2-1-3-5(6)7(9)10;;;;/h1-4,8H,(H,9,10);;;;/q;2*-2;2*+2. The van der Waals surface area contributed by atoms with E-state index in [0.29, 0.717) is 0 Å². The Morgan fingerprint density at radius 3 is 1.79 bits per heavy atom. The van der Waals surface area contributed by atoms with Gasteiger partial charge in [-0.1, -0.05) is 12.1 Å². The van der Waals surface area contributed by atoms with Crippen molar-refractivity contribution in [2.24, 2.45) is 0 Å². The second-order valence-electron chi connectivity index (χ2n) is 1.82. The molecule has 0 fully saturated rings. The second kappa shape index (κ2) is 10.7. The van der Waals surface area contributed by atoms with Crippen LogP contribution in [0, 0.1) is 0 Å². The maximum atomic E-state index is 10.3. The smallest absolute Gasteiger partial charge is 2.00 e. The molecular formula is C7H6O5Zn2. The number of para-hydroxylation sites is 1. The average molecular weight is 301 g/mol. The summed E-state index contributed by atoms with van der Waals surface area (Å²) < 4.78 is 0. The summed E-state index contributed by atoms with van der Waals surface area (Å²) in [6.45, 7) is 0. The summed E-state index contributed by atoms with van der Waals surface area (Å²) in [7, 11) is 0. The van der Waals surface area contributed by atoms with Crippen LogP contribution in [0.5, 0.6) is 5.75 Å². The molecule has 0 heterocycles. The molecule has 0 spiro atoms. The topological polar surface area (TPSA) is 115 Å². The summed E-state index contributed by atoms with van der Waals surface area (Å²) in [5, 5.41) is 17.3. The van der Waals surface area contributed by atoms with Gasteiger partial charge in [-0.15, -0.1) is 0 Å². The van der Waals surface area contributed by atoms with E-state index >= 15 is 0 Å². The molecule has 0 amide bonds. The SMILES string of the molecule is O=C(O)c1ccccc1O.[O-2].[O-2].[Zn+2].[Zn+2]. The van der Waals surface area contributed by atoms with Crippen molar-refractivity contribution in [3.8, 4) is 5.75 Å². The Labute approximate surface area is 106 Å². The first-order valence-electron chi connectivity index (χ1n) is 2.73. The third kappa shape index (κ3) is 6.16. The van der Waals surface area contributed by atoms with Crippen LogP contribution in [0.3, 0.4) is 0 Å². The fourth-order valence-electron chi connectivity index (χ4n) is 0.654. The van der Waals surface area contributed by atoms with Gasteiger partial charge in [0.25, 0.3) is 0 Å². The van der Waals surface area contributed by atoms with Gasteiger partial charge >= 0.3 is 44.9 Å². The Hall–Kier alpha value is -0.343. The van der Waals surface area contributed by atoms with E-state index in [1.165, 1.54) is 12.1 Å². The zero-order chi connectivity index (χ0) is 7.56. The number of hydrogen-bond donors (Lipinski definition) is 2. The van der Waals surface area contributed by atoms with E-state index < -0.39 is 5.97 Å². The van der Waals surface area contributed by atoms with Crippen molar-refractivity contribution >= 4 is 5.97 Å². The third-order valence-corrected chi connectivity index (χ3v) is 1.13. The minimum atomic E-state index is -1.11. The van der Waals surface area contributed by atoms with E-state index in [1.807, 2.05) is 0 Å². The summed E-state index contributed by atoms with van der Waals surface area (Å²) >= 11 is 0. The molecule has 7 heteroatoms. The molecule has 0 unspecified atom stereocenters. The first kappa shape index (κ1) is 23.5. The van der Waals surface area contributed by atoms with Gasteiger partial charge in [-0.25, -0.2) is 4.79 Å². The molecule has 2 N–H and O–H groups in total. The van der Waals surface area contributed by atoms with E-state index in [1.54, 1.807) is 12.1 Å². The number of aromatic carboxylic acids is 1. The van der Waals surface area contributed by atoms with Crippen LogP contribution in [-0.2, 0) is 49.9 Å². The molecule has 0 aliphatic carbocycles. The Balaban J connectivity index is -0.000000125. The van der Waals surface area contributed by atoms with Crippen LogP contribution in [0.2, 0.25) is 0 Å². The van der Waals surface area contributed by atoms with Crippen LogP contribution in [0.1, 0.15) is 10.4 Å². The van der Waals surface area contributed by atoms with Crippen molar-refractivity contribution in [1.29, 1.82) is 0 Å². The molecule has 0 atom stereocenters. The number of aromatic hydroxyl groups is 1. The van der Waals surface area contributed by atoms with Gasteiger partial charge in [0.05, 0.1) is 0 Å². The zero-order valence-corrected chi connectivity index (χ0v) is 13.3. The van der Waals surface area contributed by atoms with E-state index in [9.17, 15) is 4.79 Å². The molecule has 0 saturated carbocycles. The Morgan fingerprint density at radius 1 is 1.07 bits per heavy atom. The van der Waals surface area contributed by atoms with Crippen LogP contribution < -0.4 is 0 Å². The molecular weight excluding hydrogens is 295 g/mol. The van der Waals surface area contributed by atoms with Crippen LogP contribution >= 0.6 is 0 Å². The Kier molecular flexibility index (Phi) is 18.0. The van der Waals surface area contributed by atoms with Crippen LogP contribution in [0.4, 0.5) is 0 Å². The molecule has 5 nitrogen and oxygen atoms in total. The summed E-state index contributed by atoms with van der Waals surface area (Å²) in [6, 6.07) is 5.81. The zero-order valence-electron chi connectivity index (χ0n) is 7.34. The third-order valence-electron chi connectivity index (χ3n) is 1.13. The maximum absolute atomic E-state index is 10.3. The fourth-order valence-corrected chi connectivity index (χ4v) is 0.654. The maximum Gasteiger partial charge on any atom is 2.00 e. The molecule has 1 rings (SSSR count). The summed E-state index contributed by atoms with van der Waals surface area (Å²) in [4.78, 5) is 10.3. The van der Waals surface area contributed by atoms with E-state index in [0.717, 1.165) is 0 Å². The number of rotatable bonds is 1. The van der Waals surface area contributed by atoms with Gasteiger partial charge in [0, 0.05) is 0 Å². The second-order valence-corrected chi connectivity index (χ2v) is 1.82. The number of hydrogen-bond acceptors (Lipinski definition) is 2. The molecule has 0 aromatic heterocycles. The van der Waals surface area contributed by atoms with Gasteiger partial charge in [-0.05, 0) is 12.1 Å². The van der Waals surface area contributed by atoms with Gasteiger partial charge in [0.15, 0.2) is 0 Å². The van der Waals surface area contributed by atoms with Crippen molar-refractivity contribution in [3.63, 3.8) is 0 Å². The van der Waals surface area contributed by atoms with Crippen LogP contribution in [0.15, 0.2) is 24.3 Å².